The van der Waals surface area contributed by atoms with Crippen molar-refractivity contribution in [3.05, 3.63) is 77.3 Å². The maximum Gasteiger partial charge on any atom is -1.00 e. The van der Waals surface area contributed by atoms with E-state index in [2.05, 4.69) is 64.9 Å². The molecule has 2 aliphatic carbocycles. The minimum atomic E-state index is -1.84. The van der Waals surface area contributed by atoms with E-state index in [-0.39, 0.29) is 24.8 Å². The Kier molecular flexibility index (Phi) is 5.78. The monoisotopic (exact) mass is 404 g/mol. The molecule has 110 valence electrons. The molecule has 0 saturated carbocycles. The zero-order valence-electron chi connectivity index (χ0n) is 12.2. The third-order valence-corrected chi connectivity index (χ3v) is 9.70. The van der Waals surface area contributed by atoms with E-state index in [4.69, 9.17) is 0 Å². The average Bonchev–Trinajstić information content (AvgIpc) is 3.10. The van der Waals surface area contributed by atoms with Crippen LogP contribution < -0.4 is 24.8 Å². The SMILES string of the molecule is [CH2]=[Zr+2]([C]1=Cc2ccccc2C1)[C]1=Cc2ccccc2C1.[Cl-].[Cl-]. The molecule has 4 rings (SSSR count). The van der Waals surface area contributed by atoms with Crippen molar-refractivity contribution in [2.24, 2.45) is 0 Å². The van der Waals surface area contributed by atoms with Gasteiger partial charge in [0, 0.05) is 0 Å². The van der Waals surface area contributed by atoms with Gasteiger partial charge in [-0.05, 0) is 0 Å². The van der Waals surface area contributed by atoms with E-state index in [1.807, 2.05) is 0 Å². The van der Waals surface area contributed by atoms with E-state index in [1.165, 1.54) is 22.3 Å². The molecule has 0 bridgehead atoms. The summed E-state index contributed by atoms with van der Waals surface area (Å²) in [6.07, 6.45) is 7.12. The second-order valence-electron chi connectivity index (χ2n) is 5.57. The molecule has 2 aromatic rings. The van der Waals surface area contributed by atoms with Crippen LogP contribution in [0.3, 0.4) is 0 Å². The maximum atomic E-state index is 4.63. The summed E-state index contributed by atoms with van der Waals surface area (Å²) in [5, 5.41) is 0. The Morgan fingerprint density at radius 3 is 1.50 bits per heavy atom. The number of hydrogen-bond acceptors (Lipinski definition) is 0. The van der Waals surface area contributed by atoms with Crippen molar-refractivity contribution in [1.29, 1.82) is 0 Å². The molecule has 0 nitrogen and oxygen atoms in total. The smallest absolute Gasteiger partial charge is 1.00 e. The van der Waals surface area contributed by atoms with Crippen LogP contribution in [0.5, 0.6) is 0 Å². The number of halogens is 2. The molecule has 0 amide bonds. The Morgan fingerprint density at radius 2 is 1.09 bits per heavy atom. The molecule has 0 atom stereocenters. The van der Waals surface area contributed by atoms with E-state index in [0.29, 0.717) is 0 Å². The van der Waals surface area contributed by atoms with Gasteiger partial charge in [-0.3, -0.25) is 0 Å². The fraction of sp³-hybridized carbons (Fsp3) is 0.105. The van der Waals surface area contributed by atoms with E-state index in [0.717, 1.165) is 12.8 Å². The molecule has 0 aromatic heterocycles. The summed E-state index contributed by atoms with van der Waals surface area (Å²) in [5.41, 5.74) is 5.81. The molecule has 22 heavy (non-hydrogen) atoms. The maximum absolute atomic E-state index is 4.63. The normalized spacial score (nSPS) is 13.6. The van der Waals surface area contributed by atoms with Crippen LogP contribution in [0.4, 0.5) is 0 Å². The first-order valence-corrected chi connectivity index (χ1v) is 11.3. The quantitative estimate of drug-likeness (QED) is 0.555. The third-order valence-electron chi connectivity index (χ3n) is 4.31. The Labute approximate surface area is 151 Å². The molecule has 0 saturated heterocycles. The van der Waals surface area contributed by atoms with Crippen molar-refractivity contribution in [3.63, 3.8) is 0 Å². The van der Waals surface area contributed by atoms with Crippen LogP contribution in [0.1, 0.15) is 22.3 Å². The van der Waals surface area contributed by atoms with Crippen LogP contribution in [-0.4, -0.2) is 4.21 Å². The molecule has 3 heteroatoms. The van der Waals surface area contributed by atoms with E-state index in [9.17, 15) is 0 Å². The number of fused-ring (bicyclic) bond motifs is 2. The Hall–Kier alpha value is -0.747. The zero-order chi connectivity index (χ0) is 13.5. The first-order chi connectivity index (χ1) is 9.81. The van der Waals surface area contributed by atoms with Crippen LogP contribution in [0.2, 0.25) is 0 Å². The van der Waals surface area contributed by atoms with Crippen molar-refractivity contribution in [2.45, 2.75) is 12.8 Å². The largest absolute Gasteiger partial charge is 1.00 e. The Balaban J connectivity index is 0.000000882. The molecular formula is C19H16Cl2Zr. The molecule has 0 heterocycles. The van der Waals surface area contributed by atoms with Crippen molar-refractivity contribution >= 4 is 16.4 Å². The molecule has 0 fully saturated rings. The summed E-state index contributed by atoms with van der Waals surface area (Å²) in [6.45, 7) is 0. The zero-order valence-corrected chi connectivity index (χ0v) is 16.1. The molecule has 0 spiro atoms. The molecule has 2 aromatic carbocycles. The number of benzene rings is 2. The van der Waals surface area contributed by atoms with Crippen LogP contribution in [0.15, 0.2) is 55.1 Å². The topological polar surface area (TPSA) is 0 Å². The van der Waals surface area contributed by atoms with Gasteiger partial charge in [0.05, 0.1) is 0 Å². The number of rotatable bonds is 2. The van der Waals surface area contributed by atoms with Crippen molar-refractivity contribution < 1.29 is 46.1 Å². The van der Waals surface area contributed by atoms with Gasteiger partial charge in [0.15, 0.2) is 0 Å². The van der Waals surface area contributed by atoms with Gasteiger partial charge < -0.3 is 24.8 Å². The summed E-state index contributed by atoms with van der Waals surface area (Å²) in [4.78, 5) is 0. The first-order valence-electron chi connectivity index (χ1n) is 7.08. The molecule has 0 N–H and O–H groups in total. The molecular weight excluding hydrogens is 390 g/mol. The third kappa shape index (κ3) is 3.13. The fourth-order valence-electron chi connectivity index (χ4n) is 3.15. The minimum Gasteiger partial charge on any atom is -1.00 e. The molecule has 0 radical (unpaired) electrons. The molecule has 2 aliphatic rings. The Morgan fingerprint density at radius 1 is 0.682 bits per heavy atom. The van der Waals surface area contributed by atoms with Crippen molar-refractivity contribution in [2.75, 3.05) is 0 Å². The second kappa shape index (κ2) is 7.22. The van der Waals surface area contributed by atoms with Crippen LogP contribution in [-0.2, 0) is 34.1 Å². The second-order valence-corrected chi connectivity index (χ2v) is 11.1. The van der Waals surface area contributed by atoms with Crippen molar-refractivity contribution in [1.82, 2.24) is 0 Å². The fourth-order valence-corrected chi connectivity index (χ4v) is 7.77. The number of allylic oxidation sites excluding steroid dienone is 2. The summed E-state index contributed by atoms with van der Waals surface area (Å²) in [7, 11) is 0. The van der Waals surface area contributed by atoms with E-state index >= 15 is 0 Å². The van der Waals surface area contributed by atoms with Crippen LogP contribution in [0, 0.1) is 0 Å². The van der Waals surface area contributed by atoms with Gasteiger partial charge in [0.25, 0.3) is 0 Å². The van der Waals surface area contributed by atoms with Gasteiger partial charge in [0.2, 0.25) is 0 Å². The van der Waals surface area contributed by atoms with Gasteiger partial charge in [-0.25, -0.2) is 0 Å². The van der Waals surface area contributed by atoms with E-state index < -0.39 is 21.3 Å². The Bertz CT molecular complexity index is 722. The van der Waals surface area contributed by atoms with Gasteiger partial charge in [-0.15, -0.1) is 0 Å². The standard InChI is InChI=1S/2C9H7.CH2.2ClH.Zr/c2*1-2-5-9-7-3-6-8(9)4-1;;;;/h2*1-2,4-6H,7H2;1H2;2*1H;/q;;;;;+2/p-2. The van der Waals surface area contributed by atoms with Crippen LogP contribution >= 0.6 is 0 Å². The summed E-state index contributed by atoms with van der Waals surface area (Å²) in [6, 6.07) is 17.5. The average molecular weight is 406 g/mol. The summed E-state index contributed by atoms with van der Waals surface area (Å²) in [5.74, 6) is 0. The first kappa shape index (κ1) is 17.6. The van der Waals surface area contributed by atoms with Gasteiger partial charge in [-0.2, -0.15) is 0 Å². The number of hydrogen-bond donors (Lipinski definition) is 0. The summed E-state index contributed by atoms with van der Waals surface area (Å²) >= 11 is -1.84. The predicted molar refractivity (Wildman–Crippen MR) is 83.4 cm³/mol. The molecule has 0 aliphatic heterocycles. The summed E-state index contributed by atoms with van der Waals surface area (Å²) < 4.78 is 7.92. The van der Waals surface area contributed by atoms with E-state index in [1.54, 1.807) is 6.56 Å². The van der Waals surface area contributed by atoms with Gasteiger partial charge in [-0.1, -0.05) is 0 Å². The van der Waals surface area contributed by atoms with Crippen molar-refractivity contribution in [3.8, 4) is 0 Å². The van der Waals surface area contributed by atoms with Gasteiger partial charge in [0.1, 0.15) is 0 Å². The minimum absolute atomic E-state index is 0. The van der Waals surface area contributed by atoms with Gasteiger partial charge >= 0.3 is 128 Å². The van der Waals surface area contributed by atoms with Crippen LogP contribution in [0.25, 0.3) is 12.2 Å². The predicted octanol–water partition coefficient (Wildman–Crippen LogP) is -1.76. The molecule has 0 unspecified atom stereocenters.